The molecule has 6 aromatic rings. The van der Waals surface area contributed by atoms with Gasteiger partial charge in [0, 0.05) is 77.3 Å². The van der Waals surface area contributed by atoms with Crippen LogP contribution in [0.3, 0.4) is 0 Å². The SMILES string of the molecule is CCN(CC)c1ncc(N)c(N[C@@H](Cc2ccc(OC(=O)N3CCCC3)cc2)C(=O)OC(C)(C)C)n1.CCN(CC)c1ncc(NCc2ccccc2)c(N[C@@H](Cc2ccc(OC(=O)N3CCCC3)cc2)C(=O)OC(C)(C)C)n1.O=Cc1ccccc1. The number of nitrogen functional groups attached to an aromatic ring is 1. The van der Waals surface area contributed by atoms with Gasteiger partial charge < -0.3 is 60.2 Å². The van der Waals surface area contributed by atoms with Gasteiger partial charge in [0.1, 0.15) is 41.1 Å². The van der Waals surface area contributed by atoms with E-state index >= 15 is 0 Å². The minimum atomic E-state index is -0.746. The van der Waals surface area contributed by atoms with Gasteiger partial charge in [-0.2, -0.15) is 9.97 Å². The quantitative estimate of drug-likeness (QED) is 0.0364. The van der Waals surface area contributed by atoms with Gasteiger partial charge in [-0.25, -0.2) is 29.1 Å². The lowest BCUT2D eigenvalue weighted by Crippen LogP contribution is -2.38. The van der Waals surface area contributed by atoms with Crippen LogP contribution < -0.4 is 41.0 Å². The number of nitrogens with one attached hydrogen (secondary N) is 3. The maximum Gasteiger partial charge on any atom is 0.415 e. The highest BCUT2D eigenvalue weighted by atomic mass is 16.6. The number of nitrogens with two attached hydrogens (primary N) is 1. The number of carbonyl (C=O) groups excluding carboxylic acids is 5. The van der Waals surface area contributed by atoms with E-state index in [1.54, 1.807) is 58.6 Å². The molecular weight excluding hydrogens is 1100 g/mol. The highest BCUT2D eigenvalue weighted by Gasteiger charge is 2.30. The zero-order chi connectivity index (χ0) is 62.9. The Kier molecular flexibility index (Phi) is 25.5. The van der Waals surface area contributed by atoms with Crippen LogP contribution in [0.15, 0.2) is 122 Å². The molecular formula is C66H88N12O9. The molecule has 2 aromatic heterocycles. The zero-order valence-corrected chi connectivity index (χ0v) is 52.2. The Labute approximate surface area is 512 Å². The van der Waals surface area contributed by atoms with Crippen molar-refractivity contribution < 1.29 is 42.9 Å². The van der Waals surface area contributed by atoms with Gasteiger partial charge in [-0.1, -0.05) is 84.9 Å². The van der Waals surface area contributed by atoms with Gasteiger partial charge in [0.15, 0.2) is 11.6 Å². The molecule has 2 aliphatic heterocycles. The number of nitrogens with zero attached hydrogens (tertiary/aromatic N) is 8. The van der Waals surface area contributed by atoms with Crippen molar-refractivity contribution in [2.45, 2.75) is 138 Å². The maximum absolute atomic E-state index is 13.5. The molecule has 0 radical (unpaired) electrons. The van der Waals surface area contributed by atoms with E-state index in [0.717, 1.165) is 107 Å². The number of benzene rings is 4. The van der Waals surface area contributed by atoms with Crippen molar-refractivity contribution in [3.8, 4) is 11.5 Å². The van der Waals surface area contributed by atoms with Gasteiger partial charge in [-0.05, 0) is 136 Å². The molecule has 8 rings (SSSR count). The molecule has 2 aliphatic rings. The number of aldehydes is 1. The fourth-order valence-electron chi connectivity index (χ4n) is 9.20. The summed E-state index contributed by atoms with van der Waals surface area (Å²) >= 11 is 0. The summed E-state index contributed by atoms with van der Waals surface area (Å²) in [6, 6.07) is 32.0. The molecule has 2 fully saturated rings. The summed E-state index contributed by atoms with van der Waals surface area (Å²) in [6.07, 6.45) is 8.11. The van der Waals surface area contributed by atoms with E-state index < -0.39 is 35.2 Å². The topological polar surface area (TPSA) is 249 Å². The number of hydrogen-bond acceptors (Lipinski definition) is 19. The van der Waals surface area contributed by atoms with E-state index in [9.17, 15) is 24.0 Å². The lowest BCUT2D eigenvalue weighted by Gasteiger charge is -2.26. The monoisotopic (exact) mass is 1190 g/mol. The van der Waals surface area contributed by atoms with Crippen LogP contribution in [-0.2, 0) is 38.4 Å². The second-order valence-electron chi connectivity index (χ2n) is 22.9. The standard InChI is InChI=1S/C33H44N6O4.C26H38N6O4.C7H6O/c1-6-38(7-2)31-35-23-28(34-22-25-13-9-8-10-14-25)29(37-31)36-27(30(40)43-33(3,4)5)21-24-15-17-26(18-16-24)42-32(41)39-19-11-12-20-39;1-6-31(7-2)24-28-17-20(27)22(30-24)29-21(23(33)36-26(3,4)5)16-18-10-12-19(13-11-18)35-25(34)32-14-8-9-15-32;8-6-7-4-2-1-3-5-7/h8-10,13-18,23,27,34H,6-7,11-12,19-22H2,1-5H3,(H,35,36,37);10-13,17,21H,6-9,14-16,27H2,1-5H3,(H,28,29,30);1-6H/t27-;21-;/m00./s1. The van der Waals surface area contributed by atoms with Crippen molar-refractivity contribution in [3.05, 3.63) is 144 Å². The van der Waals surface area contributed by atoms with Gasteiger partial charge in [-0.3, -0.25) is 4.79 Å². The van der Waals surface area contributed by atoms with Crippen LogP contribution in [0.25, 0.3) is 0 Å². The van der Waals surface area contributed by atoms with Crippen molar-refractivity contribution >= 4 is 65.3 Å². The highest BCUT2D eigenvalue weighted by Crippen LogP contribution is 2.27. The Balaban J connectivity index is 0.000000249. The number of carbonyl (C=O) groups is 5. The van der Waals surface area contributed by atoms with Crippen molar-refractivity contribution in [3.63, 3.8) is 0 Å². The van der Waals surface area contributed by atoms with Crippen LogP contribution >= 0.6 is 0 Å². The van der Waals surface area contributed by atoms with Gasteiger partial charge in [-0.15, -0.1) is 0 Å². The molecule has 0 saturated carbocycles. The highest BCUT2D eigenvalue weighted by molar-refractivity contribution is 5.83. The van der Waals surface area contributed by atoms with E-state index in [0.29, 0.717) is 65.8 Å². The first-order chi connectivity index (χ1) is 41.7. The van der Waals surface area contributed by atoms with Crippen LogP contribution in [-0.4, -0.2) is 136 Å². The number of esters is 2. The van der Waals surface area contributed by atoms with E-state index in [2.05, 4.69) is 49.6 Å². The first-order valence-electron chi connectivity index (χ1n) is 30.1. The third-order valence-electron chi connectivity index (χ3n) is 13.8. The Hall–Kier alpha value is -9.01. The van der Waals surface area contributed by atoms with E-state index in [4.69, 9.17) is 29.7 Å². The summed E-state index contributed by atoms with van der Waals surface area (Å²) < 4.78 is 22.5. The fraction of sp³-hybridized carbons (Fsp3) is 0.439. The molecule has 2 saturated heterocycles. The second kappa shape index (κ2) is 33.0. The summed E-state index contributed by atoms with van der Waals surface area (Å²) in [4.78, 5) is 87.1. The Bertz CT molecular complexity index is 3100. The largest absolute Gasteiger partial charge is 0.458 e. The molecule has 21 nitrogen and oxygen atoms in total. The molecule has 466 valence electrons. The normalized spacial score (nSPS) is 13.5. The number of ether oxygens (including phenoxy) is 4. The summed E-state index contributed by atoms with van der Waals surface area (Å²) in [5, 5.41) is 9.98. The minimum absolute atomic E-state index is 0.319. The van der Waals surface area contributed by atoms with Gasteiger partial charge in [0.25, 0.3) is 0 Å². The summed E-state index contributed by atoms with van der Waals surface area (Å²) in [6.45, 7) is 25.6. The average molecular weight is 1190 g/mol. The predicted molar refractivity (Wildman–Crippen MR) is 342 cm³/mol. The zero-order valence-electron chi connectivity index (χ0n) is 52.2. The van der Waals surface area contributed by atoms with Crippen molar-refractivity contribution in [1.82, 2.24) is 29.7 Å². The first kappa shape index (κ1) is 67.1. The molecule has 2 atom stereocenters. The third-order valence-corrected chi connectivity index (χ3v) is 13.8. The van der Waals surface area contributed by atoms with E-state index in [1.807, 2.05) is 133 Å². The molecule has 0 bridgehead atoms. The molecule has 0 aliphatic carbocycles. The summed E-state index contributed by atoms with van der Waals surface area (Å²) in [7, 11) is 0. The number of rotatable bonds is 22. The van der Waals surface area contributed by atoms with E-state index in [-0.39, 0.29) is 12.2 Å². The smallest absolute Gasteiger partial charge is 0.415 e. The van der Waals surface area contributed by atoms with Gasteiger partial charge >= 0.3 is 24.1 Å². The van der Waals surface area contributed by atoms with Crippen LogP contribution in [0.1, 0.15) is 122 Å². The molecule has 0 unspecified atom stereocenters. The van der Waals surface area contributed by atoms with Crippen LogP contribution in [0, 0.1) is 0 Å². The first-order valence-corrected chi connectivity index (χ1v) is 30.1. The average Bonchev–Trinajstić information content (AvgIpc) is 4.47. The van der Waals surface area contributed by atoms with Crippen LogP contribution in [0.4, 0.5) is 44.5 Å². The van der Waals surface area contributed by atoms with Crippen molar-refractivity contribution in [2.24, 2.45) is 0 Å². The molecule has 5 N–H and O–H groups in total. The number of aromatic nitrogens is 4. The van der Waals surface area contributed by atoms with Crippen molar-refractivity contribution in [1.29, 1.82) is 0 Å². The number of amides is 2. The van der Waals surface area contributed by atoms with Crippen LogP contribution in [0.5, 0.6) is 11.5 Å². The second-order valence-corrected chi connectivity index (χ2v) is 22.9. The number of likely N-dealkylation sites (tertiary alicyclic amines) is 2. The molecule has 87 heavy (non-hydrogen) atoms. The Morgan fingerprint density at radius 1 is 0.563 bits per heavy atom. The van der Waals surface area contributed by atoms with Gasteiger partial charge in [0.2, 0.25) is 11.9 Å². The molecule has 0 spiro atoms. The molecule has 21 heteroatoms. The summed E-state index contributed by atoms with van der Waals surface area (Å²) in [5.74, 6) is 2.10. The predicted octanol–water partition coefficient (Wildman–Crippen LogP) is 11.3. The number of anilines is 6. The lowest BCUT2D eigenvalue weighted by atomic mass is 10.0. The van der Waals surface area contributed by atoms with E-state index in [1.165, 1.54) is 0 Å². The molecule has 2 amide bonds. The van der Waals surface area contributed by atoms with Crippen LogP contribution in [0.2, 0.25) is 0 Å². The minimum Gasteiger partial charge on any atom is -0.458 e. The number of hydrogen-bond donors (Lipinski definition) is 4. The molecule has 4 heterocycles. The maximum atomic E-state index is 13.5. The summed E-state index contributed by atoms with van der Waals surface area (Å²) in [5.41, 5.74) is 9.41. The molecule has 4 aromatic carbocycles. The third kappa shape index (κ3) is 22.1. The van der Waals surface area contributed by atoms with Crippen molar-refractivity contribution in [2.75, 3.05) is 83.8 Å². The fourth-order valence-corrected chi connectivity index (χ4v) is 9.20. The Morgan fingerprint density at radius 2 is 0.966 bits per heavy atom. The lowest BCUT2D eigenvalue weighted by molar-refractivity contribution is -0.156. The Morgan fingerprint density at radius 3 is 1.37 bits per heavy atom. The van der Waals surface area contributed by atoms with Gasteiger partial charge in [0.05, 0.1) is 23.8 Å².